The SMILES string of the molecule is COC[C@H](c1ccccn1)N(C)C(=O)NCC1(c2ccc(Cl)cc2)CC1. The summed E-state index contributed by atoms with van der Waals surface area (Å²) in [6.45, 7) is 1.00. The van der Waals surface area contributed by atoms with E-state index in [4.69, 9.17) is 16.3 Å². The van der Waals surface area contributed by atoms with Crippen molar-refractivity contribution in [3.05, 3.63) is 64.9 Å². The molecule has 0 unspecified atom stereocenters. The molecule has 0 radical (unpaired) electrons. The van der Waals surface area contributed by atoms with E-state index in [0.717, 1.165) is 23.6 Å². The summed E-state index contributed by atoms with van der Waals surface area (Å²) in [5.74, 6) is 0. The number of nitrogens with one attached hydrogen (secondary N) is 1. The number of halogens is 1. The van der Waals surface area contributed by atoms with E-state index in [2.05, 4.69) is 10.3 Å². The molecule has 6 heteroatoms. The number of benzene rings is 1. The van der Waals surface area contributed by atoms with Crippen LogP contribution in [0, 0.1) is 0 Å². The van der Waals surface area contributed by atoms with Crippen molar-refractivity contribution in [2.24, 2.45) is 0 Å². The molecule has 0 spiro atoms. The summed E-state index contributed by atoms with van der Waals surface area (Å²) >= 11 is 5.98. The molecular formula is C20H24ClN3O2. The lowest BCUT2D eigenvalue weighted by Crippen LogP contribution is -2.43. The van der Waals surface area contributed by atoms with Gasteiger partial charge in [0.2, 0.25) is 0 Å². The summed E-state index contributed by atoms with van der Waals surface area (Å²) in [5.41, 5.74) is 2.07. The van der Waals surface area contributed by atoms with Gasteiger partial charge in [-0.2, -0.15) is 0 Å². The van der Waals surface area contributed by atoms with Crippen molar-refractivity contribution in [3.63, 3.8) is 0 Å². The van der Waals surface area contributed by atoms with Crippen molar-refractivity contribution in [3.8, 4) is 0 Å². The highest BCUT2D eigenvalue weighted by Gasteiger charge is 2.44. The average molecular weight is 374 g/mol. The maximum atomic E-state index is 12.7. The van der Waals surface area contributed by atoms with Crippen LogP contribution < -0.4 is 5.32 Å². The number of pyridine rings is 1. The zero-order valence-electron chi connectivity index (χ0n) is 15.1. The number of ether oxygens (including phenoxy) is 1. The fraction of sp³-hybridized carbons (Fsp3) is 0.400. The molecule has 138 valence electrons. The highest BCUT2D eigenvalue weighted by molar-refractivity contribution is 6.30. The van der Waals surface area contributed by atoms with Crippen molar-refractivity contribution < 1.29 is 9.53 Å². The second-order valence-electron chi connectivity index (χ2n) is 6.78. The Kier molecular flexibility index (Phi) is 5.79. The van der Waals surface area contributed by atoms with E-state index in [9.17, 15) is 4.79 Å². The Bertz CT molecular complexity index is 732. The largest absolute Gasteiger partial charge is 0.382 e. The minimum absolute atomic E-state index is 0.0306. The number of amides is 2. The van der Waals surface area contributed by atoms with Crippen molar-refractivity contribution in [2.45, 2.75) is 24.3 Å². The Labute approximate surface area is 159 Å². The summed E-state index contributed by atoms with van der Waals surface area (Å²) in [7, 11) is 3.40. The van der Waals surface area contributed by atoms with Crippen LogP contribution >= 0.6 is 11.6 Å². The van der Waals surface area contributed by atoms with Crippen LogP contribution in [-0.2, 0) is 10.2 Å². The summed E-state index contributed by atoms with van der Waals surface area (Å²) in [5, 5.41) is 3.81. The lowest BCUT2D eigenvalue weighted by molar-refractivity contribution is 0.114. The first-order valence-corrected chi connectivity index (χ1v) is 9.10. The molecule has 2 amide bonds. The first-order valence-electron chi connectivity index (χ1n) is 8.72. The van der Waals surface area contributed by atoms with Gasteiger partial charge in [0, 0.05) is 37.3 Å². The molecule has 2 aromatic rings. The number of carbonyl (C=O) groups excluding carboxylic acids is 1. The lowest BCUT2D eigenvalue weighted by Gasteiger charge is -2.28. The van der Waals surface area contributed by atoms with Gasteiger partial charge in [-0.3, -0.25) is 4.98 Å². The molecule has 3 rings (SSSR count). The van der Waals surface area contributed by atoms with Gasteiger partial charge in [0.25, 0.3) is 0 Å². The molecule has 1 saturated carbocycles. The maximum Gasteiger partial charge on any atom is 0.317 e. The highest BCUT2D eigenvalue weighted by atomic mass is 35.5. The highest BCUT2D eigenvalue weighted by Crippen LogP contribution is 2.47. The van der Waals surface area contributed by atoms with Crippen LogP contribution in [0.1, 0.15) is 30.1 Å². The first-order chi connectivity index (χ1) is 12.6. The molecule has 1 atom stereocenters. The molecule has 1 aliphatic rings. The fourth-order valence-corrected chi connectivity index (χ4v) is 3.29. The van der Waals surface area contributed by atoms with Gasteiger partial charge in [0.15, 0.2) is 0 Å². The Morgan fingerprint density at radius 1 is 1.31 bits per heavy atom. The van der Waals surface area contributed by atoms with Crippen LogP contribution in [0.3, 0.4) is 0 Å². The van der Waals surface area contributed by atoms with Crippen LogP contribution in [0.25, 0.3) is 0 Å². The van der Waals surface area contributed by atoms with Crippen LogP contribution in [0.5, 0.6) is 0 Å². The smallest absolute Gasteiger partial charge is 0.317 e. The van der Waals surface area contributed by atoms with Gasteiger partial charge in [-0.05, 0) is 42.7 Å². The van der Waals surface area contributed by atoms with Gasteiger partial charge in [-0.15, -0.1) is 0 Å². The number of rotatable bonds is 7. The molecule has 1 heterocycles. The number of urea groups is 1. The minimum atomic E-state index is -0.230. The molecule has 0 bridgehead atoms. The number of hydrogen-bond acceptors (Lipinski definition) is 3. The third-order valence-electron chi connectivity index (χ3n) is 5.03. The average Bonchev–Trinajstić information content (AvgIpc) is 3.46. The number of aromatic nitrogens is 1. The molecule has 1 aromatic carbocycles. The summed E-state index contributed by atoms with van der Waals surface area (Å²) in [6.07, 6.45) is 3.87. The predicted molar refractivity (Wildman–Crippen MR) is 102 cm³/mol. The summed E-state index contributed by atoms with van der Waals surface area (Å²) in [6, 6.07) is 13.2. The lowest BCUT2D eigenvalue weighted by atomic mass is 9.96. The van der Waals surface area contributed by atoms with Gasteiger partial charge in [0.05, 0.1) is 18.3 Å². The minimum Gasteiger partial charge on any atom is -0.382 e. The van der Waals surface area contributed by atoms with Gasteiger partial charge in [0.1, 0.15) is 0 Å². The van der Waals surface area contributed by atoms with Crippen LogP contribution in [0.2, 0.25) is 5.02 Å². The topological polar surface area (TPSA) is 54.5 Å². The van der Waals surface area contributed by atoms with E-state index in [1.165, 1.54) is 5.56 Å². The van der Waals surface area contributed by atoms with E-state index >= 15 is 0 Å². The predicted octanol–water partition coefficient (Wildman–Crippen LogP) is 3.80. The van der Waals surface area contributed by atoms with Gasteiger partial charge < -0.3 is 15.0 Å². The third kappa shape index (κ3) is 4.17. The summed E-state index contributed by atoms with van der Waals surface area (Å²) < 4.78 is 5.29. The number of likely N-dealkylation sites (N-methyl/N-ethyl adjacent to an activating group) is 1. The number of carbonyl (C=O) groups is 1. The van der Waals surface area contributed by atoms with Crippen molar-refractivity contribution in [2.75, 3.05) is 27.3 Å². The van der Waals surface area contributed by atoms with E-state index in [1.807, 2.05) is 42.5 Å². The van der Waals surface area contributed by atoms with Crippen molar-refractivity contribution in [1.29, 1.82) is 0 Å². The van der Waals surface area contributed by atoms with E-state index in [1.54, 1.807) is 25.3 Å². The number of methoxy groups -OCH3 is 1. The molecule has 1 N–H and O–H groups in total. The van der Waals surface area contributed by atoms with Crippen LogP contribution in [0.4, 0.5) is 4.79 Å². The Hall–Kier alpha value is -2.11. The molecular weight excluding hydrogens is 350 g/mol. The standard InChI is InChI=1S/C20H24ClN3O2/c1-24(18(13-26-2)17-5-3-4-12-22-17)19(25)23-14-20(10-11-20)15-6-8-16(21)9-7-15/h3-9,12,18H,10-11,13-14H2,1-2H3,(H,23,25)/t18-/m1/s1. The second kappa shape index (κ2) is 8.06. The van der Waals surface area contributed by atoms with Crippen LogP contribution in [-0.4, -0.2) is 43.2 Å². The van der Waals surface area contributed by atoms with Crippen LogP contribution in [0.15, 0.2) is 48.7 Å². The third-order valence-corrected chi connectivity index (χ3v) is 5.28. The molecule has 1 aromatic heterocycles. The van der Waals surface area contributed by atoms with Crippen molar-refractivity contribution >= 4 is 17.6 Å². The van der Waals surface area contributed by atoms with E-state index in [0.29, 0.717) is 13.2 Å². The molecule has 5 nitrogen and oxygen atoms in total. The van der Waals surface area contributed by atoms with Gasteiger partial charge in [-0.25, -0.2) is 4.79 Å². The number of hydrogen-bond donors (Lipinski definition) is 1. The second-order valence-corrected chi connectivity index (χ2v) is 7.22. The maximum absolute atomic E-state index is 12.7. The Morgan fingerprint density at radius 2 is 2.04 bits per heavy atom. The molecule has 0 aliphatic heterocycles. The zero-order chi connectivity index (χ0) is 18.6. The monoisotopic (exact) mass is 373 g/mol. The molecule has 1 fully saturated rings. The van der Waals surface area contributed by atoms with Crippen molar-refractivity contribution in [1.82, 2.24) is 15.2 Å². The Morgan fingerprint density at radius 3 is 2.62 bits per heavy atom. The van der Waals surface area contributed by atoms with Gasteiger partial charge in [-0.1, -0.05) is 29.8 Å². The molecule has 26 heavy (non-hydrogen) atoms. The zero-order valence-corrected chi connectivity index (χ0v) is 15.9. The normalized spacial score (nSPS) is 16.0. The number of nitrogens with zero attached hydrogens (tertiary/aromatic N) is 2. The fourth-order valence-electron chi connectivity index (χ4n) is 3.16. The molecule has 0 saturated heterocycles. The Balaban J connectivity index is 1.64. The van der Waals surface area contributed by atoms with E-state index < -0.39 is 0 Å². The summed E-state index contributed by atoms with van der Waals surface area (Å²) in [4.78, 5) is 18.7. The first kappa shape index (κ1) is 18.7. The molecule has 1 aliphatic carbocycles. The van der Waals surface area contributed by atoms with E-state index in [-0.39, 0.29) is 17.5 Å². The van der Waals surface area contributed by atoms with Gasteiger partial charge >= 0.3 is 6.03 Å². The quantitative estimate of drug-likeness (QED) is 0.803.